The third-order valence-corrected chi connectivity index (χ3v) is 7.21. The largest absolute Gasteiger partial charge is 0.493 e. The summed E-state index contributed by atoms with van der Waals surface area (Å²) in [5, 5.41) is 0.398. The molecule has 0 radical (unpaired) electrons. The van der Waals surface area contributed by atoms with Crippen molar-refractivity contribution in [3.63, 3.8) is 0 Å². The molecule has 4 rings (SSSR count). The van der Waals surface area contributed by atoms with E-state index in [9.17, 15) is 8.42 Å². The molecule has 3 aromatic carbocycles. The van der Waals surface area contributed by atoms with Gasteiger partial charge >= 0.3 is 0 Å². The van der Waals surface area contributed by atoms with Crippen LogP contribution >= 0.6 is 11.6 Å². The average Bonchev–Trinajstić information content (AvgIpc) is 2.77. The summed E-state index contributed by atoms with van der Waals surface area (Å²) in [5.41, 5.74) is 3.04. The number of halogens is 1. The van der Waals surface area contributed by atoms with Crippen molar-refractivity contribution in [2.45, 2.75) is 24.5 Å². The Morgan fingerprint density at radius 1 is 0.967 bits per heavy atom. The molecule has 0 unspecified atom stereocenters. The van der Waals surface area contributed by atoms with Crippen LogP contribution in [0.1, 0.15) is 16.7 Å². The number of rotatable bonds is 6. The highest BCUT2D eigenvalue weighted by Crippen LogP contribution is 2.35. The molecule has 7 heteroatoms. The molecule has 0 spiro atoms. The van der Waals surface area contributed by atoms with Crippen LogP contribution in [-0.4, -0.2) is 26.4 Å². The second-order valence-corrected chi connectivity index (χ2v) is 9.47. The lowest BCUT2D eigenvalue weighted by molar-refractivity contribution is 0.283. The minimum atomic E-state index is -3.63. The van der Waals surface area contributed by atoms with Crippen LogP contribution in [0.5, 0.6) is 11.5 Å². The first kappa shape index (κ1) is 20.7. The Kier molecular flexibility index (Phi) is 5.99. The topological polar surface area (TPSA) is 55.8 Å². The van der Waals surface area contributed by atoms with Crippen molar-refractivity contribution in [1.82, 2.24) is 4.31 Å². The molecule has 0 bridgehead atoms. The molecule has 0 aromatic heterocycles. The maximum Gasteiger partial charge on any atom is 0.243 e. The van der Waals surface area contributed by atoms with Crippen molar-refractivity contribution in [1.29, 1.82) is 0 Å². The third kappa shape index (κ3) is 4.31. The van der Waals surface area contributed by atoms with E-state index in [-0.39, 0.29) is 11.4 Å². The van der Waals surface area contributed by atoms with E-state index in [4.69, 9.17) is 21.1 Å². The highest BCUT2D eigenvalue weighted by molar-refractivity contribution is 7.89. The van der Waals surface area contributed by atoms with Gasteiger partial charge in [0.2, 0.25) is 10.0 Å². The number of benzene rings is 3. The molecule has 0 aliphatic carbocycles. The zero-order valence-corrected chi connectivity index (χ0v) is 18.1. The summed E-state index contributed by atoms with van der Waals surface area (Å²) in [5.74, 6) is 1.25. The predicted octanol–water partition coefficient (Wildman–Crippen LogP) is 4.67. The first-order valence-electron chi connectivity index (χ1n) is 9.59. The summed E-state index contributed by atoms with van der Waals surface area (Å²) >= 11 is 5.99. The lowest BCUT2D eigenvalue weighted by Gasteiger charge is -2.29. The highest BCUT2D eigenvalue weighted by atomic mass is 35.5. The maximum absolute atomic E-state index is 13.0. The summed E-state index contributed by atoms with van der Waals surface area (Å²) in [4.78, 5) is 0.202. The second-order valence-electron chi connectivity index (χ2n) is 7.09. The zero-order chi connectivity index (χ0) is 21.1. The van der Waals surface area contributed by atoms with Crippen LogP contribution < -0.4 is 9.47 Å². The summed E-state index contributed by atoms with van der Waals surface area (Å²) in [6.45, 7) is 1.11. The van der Waals surface area contributed by atoms with Crippen molar-refractivity contribution < 1.29 is 17.9 Å². The van der Waals surface area contributed by atoms with E-state index in [0.717, 1.165) is 16.7 Å². The fourth-order valence-corrected chi connectivity index (χ4v) is 5.25. The fraction of sp³-hybridized carbons (Fsp3) is 0.217. The van der Waals surface area contributed by atoms with Crippen LogP contribution in [0.3, 0.4) is 0 Å². The molecule has 0 amide bonds. The highest BCUT2D eigenvalue weighted by Gasteiger charge is 2.29. The van der Waals surface area contributed by atoms with Crippen LogP contribution in [0.15, 0.2) is 71.6 Å². The van der Waals surface area contributed by atoms with Crippen LogP contribution in [0.2, 0.25) is 5.02 Å². The molecule has 0 fully saturated rings. The Morgan fingerprint density at radius 2 is 1.73 bits per heavy atom. The molecule has 156 valence electrons. The second kappa shape index (κ2) is 8.68. The molecular formula is C23H22ClNO4S. The van der Waals surface area contributed by atoms with Crippen molar-refractivity contribution in [2.24, 2.45) is 0 Å². The molecule has 0 saturated carbocycles. The Bertz CT molecular complexity index is 1150. The zero-order valence-electron chi connectivity index (χ0n) is 16.5. The summed E-state index contributed by atoms with van der Waals surface area (Å²) < 4.78 is 39.1. The fourth-order valence-electron chi connectivity index (χ4n) is 3.53. The van der Waals surface area contributed by atoms with Gasteiger partial charge in [-0.3, -0.25) is 0 Å². The van der Waals surface area contributed by atoms with Crippen molar-refractivity contribution in [3.8, 4) is 11.5 Å². The molecule has 1 heterocycles. The van der Waals surface area contributed by atoms with Gasteiger partial charge in [0.15, 0.2) is 11.5 Å². The van der Waals surface area contributed by atoms with E-state index in [2.05, 4.69) is 0 Å². The summed E-state index contributed by atoms with van der Waals surface area (Å²) in [6.07, 6.45) is 0.598. The van der Waals surface area contributed by atoms with E-state index in [1.54, 1.807) is 25.3 Å². The number of hydrogen-bond acceptors (Lipinski definition) is 4. The molecule has 1 aliphatic heterocycles. The standard InChI is InChI=1S/C23H22ClNO4S/c1-28-22-13-19-15-25(30(26,27)21-9-5-8-20(24)14-21)11-10-18(19)12-23(22)29-16-17-6-3-2-4-7-17/h2-9,12-14H,10-11,15-16H2,1H3. The van der Waals surface area contributed by atoms with Gasteiger partial charge in [0.25, 0.3) is 0 Å². The summed E-state index contributed by atoms with van der Waals surface area (Å²) in [7, 11) is -2.04. The van der Waals surface area contributed by atoms with Crippen molar-refractivity contribution in [3.05, 3.63) is 88.4 Å². The number of nitrogens with zero attached hydrogens (tertiary/aromatic N) is 1. The Labute approximate surface area is 181 Å². The maximum atomic E-state index is 13.0. The van der Waals surface area contributed by atoms with Gasteiger partial charge in [-0.1, -0.05) is 48.0 Å². The monoisotopic (exact) mass is 443 g/mol. The predicted molar refractivity (Wildman–Crippen MR) is 117 cm³/mol. The van der Waals surface area contributed by atoms with Crippen molar-refractivity contribution in [2.75, 3.05) is 13.7 Å². The summed E-state index contributed by atoms with van der Waals surface area (Å²) in [6, 6.07) is 20.1. The lowest BCUT2D eigenvalue weighted by Crippen LogP contribution is -2.36. The number of sulfonamides is 1. The van der Waals surface area contributed by atoms with Gasteiger partial charge in [-0.25, -0.2) is 8.42 Å². The minimum Gasteiger partial charge on any atom is -0.493 e. The van der Waals surface area contributed by atoms with Crippen LogP contribution in [-0.2, 0) is 29.6 Å². The molecule has 0 N–H and O–H groups in total. The molecule has 30 heavy (non-hydrogen) atoms. The minimum absolute atomic E-state index is 0.202. The van der Waals surface area contributed by atoms with Gasteiger partial charge in [0.05, 0.1) is 12.0 Å². The average molecular weight is 444 g/mol. The number of ether oxygens (including phenoxy) is 2. The van der Waals surface area contributed by atoms with E-state index in [0.29, 0.717) is 36.1 Å². The quantitative estimate of drug-likeness (QED) is 0.555. The number of hydrogen-bond donors (Lipinski definition) is 0. The van der Waals surface area contributed by atoms with Gasteiger partial charge in [0.1, 0.15) is 6.61 Å². The van der Waals surface area contributed by atoms with Crippen LogP contribution in [0.4, 0.5) is 0 Å². The Hall–Kier alpha value is -2.54. The third-order valence-electron chi connectivity index (χ3n) is 5.13. The smallest absolute Gasteiger partial charge is 0.243 e. The Balaban J connectivity index is 1.57. The van der Waals surface area contributed by atoms with Crippen LogP contribution in [0, 0.1) is 0 Å². The van der Waals surface area contributed by atoms with Crippen molar-refractivity contribution >= 4 is 21.6 Å². The molecule has 3 aromatic rings. The first-order chi connectivity index (χ1) is 14.5. The number of methoxy groups -OCH3 is 1. The van der Waals surface area contributed by atoms with Crippen LogP contribution in [0.25, 0.3) is 0 Å². The normalized spacial score (nSPS) is 14.2. The van der Waals surface area contributed by atoms with Gasteiger partial charge in [-0.15, -0.1) is 0 Å². The first-order valence-corrected chi connectivity index (χ1v) is 11.4. The van der Waals surface area contributed by atoms with Gasteiger partial charge in [-0.05, 0) is 53.4 Å². The Morgan fingerprint density at radius 3 is 2.47 bits per heavy atom. The molecular weight excluding hydrogens is 422 g/mol. The van der Waals surface area contributed by atoms with E-state index in [1.807, 2.05) is 42.5 Å². The van der Waals surface area contributed by atoms with E-state index in [1.165, 1.54) is 10.4 Å². The number of fused-ring (bicyclic) bond motifs is 1. The lowest BCUT2D eigenvalue weighted by atomic mass is 10.0. The molecule has 5 nitrogen and oxygen atoms in total. The van der Waals surface area contributed by atoms with E-state index < -0.39 is 10.0 Å². The molecule has 0 saturated heterocycles. The van der Waals surface area contributed by atoms with E-state index >= 15 is 0 Å². The van der Waals surface area contributed by atoms with Gasteiger partial charge in [0, 0.05) is 18.1 Å². The molecule has 0 atom stereocenters. The molecule has 1 aliphatic rings. The van der Waals surface area contributed by atoms with Gasteiger partial charge in [-0.2, -0.15) is 4.31 Å². The SMILES string of the molecule is COc1cc2c(cc1OCc1ccccc1)CCN(S(=O)(=O)c1cccc(Cl)c1)C2. The van der Waals surface area contributed by atoms with Gasteiger partial charge < -0.3 is 9.47 Å².